The van der Waals surface area contributed by atoms with Crippen LogP contribution in [0.5, 0.6) is 0 Å². The molecule has 1 heterocycles. The predicted molar refractivity (Wildman–Crippen MR) is 93.6 cm³/mol. The third-order valence-corrected chi connectivity index (χ3v) is 5.59. The third kappa shape index (κ3) is 3.17. The summed E-state index contributed by atoms with van der Waals surface area (Å²) in [6.07, 6.45) is 1.46. The maximum absolute atomic E-state index is 12.7. The zero-order valence-electron chi connectivity index (χ0n) is 12.9. The van der Waals surface area contributed by atoms with E-state index in [0.717, 1.165) is 5.56 Å². The number of sulfonamides is 1. The van der Waals surface area contributed by atoms with Crippen molar-refractivity contribution in [3.63, 3.8) is 0 Å². The number of anilines is 1. The van der Waals surface area contributed by atoms with Crippen molar-refractivity contribution in [3.05, 3.63) is 58.3 Å². The zero-order valence-corrected chi connectivity index (χ0v) is 15.3. The van der Waals surface area contributed by atoms with E-state index in [1.165, 1.54) is 11.0 Å². The van der Waals surface area contributed by atoms with Gasteiger partial charge in [-0.25, -0.2) is 13.1 Å². The van der Waals surface area contributed by atoms with E-state index in [4.69, 9.17) is 0 Å². The first-order valence-electron chi connectivity index (χ1n) is 7.00. The smallest absolute Gasteiger partial charge is 0.262 e. The van der Waals surface area contributed by atoms with Crippen LogP contribution in [0.15, 0.2) is 52.1 Å². The van der Waals surface area contributed by atoms with Gasteiger partial charge in [0.25, 0.3) is 10.0 Å². The van der Waals surface area contributed by atoms with Gasteiger partial charge in [-0.15, -0.1) is 5.10 Å². The summed E-state index contributed by atoms with van der Waals surface area (Å²) in [4.78, 5) is 0.226. The van der Waals surface area contributed by atoms with Gasteiger partial charge in [-0.3, -0.25) is 4.72 Å². The standard InChI is InChI=1S/C15H14BrN5O2S/c1-10-6-7-12(16)8-15(10)24(22,23)18-13-4-3-5-14(11(13)2)21-9-17-19-20-21/h3-9,18H,1-2H3. The topological polar surface area (TPSA) is 89.8 Å². The minimum atomic E-state index is -3.72. The first-order valence-corrected chi connectivity index (χ1v) is 9.28. The molecule has 0 spiro atoms. The molecule has 124 valence electrons. The molecule has 3 rings (SSSR count). The Morgan fingerprint density at radius 2 is 1.96 bits per heavy atom. The highest BCUT2D eigenvalue weighted by molar-refractivity contribution is 9.10. The number of halogens is 1. The second-order valence-corrected chi connectivity index (χ2v) is 7.79. The number of aryl methyl sites for hydroxylation is 1. The highest BCUT2D eigenvalue weighted by Gasteiger charge is 2.19. The molecular weight excluding hydrogens is 394 g/mol. The van der Waals surface area contributed by atoms with E-state index in [0.29, 0.717) is 21.4 Å². The van der Waals surface area contributed by atoms with Crippen LogP contribution < -0.4 is 4.72 Å². The van der Waals surface area contributed by atoms with E-state index in [2.05, 4.69) is 36.2 Å². The average molecular weight is 408 g/mol. The molecule has 7 nitrogen and oxygen atoms in total. The molecule has 9 heteroatoms. The van der Waals surface area contributed by atoms with Crippen LogP contribution in [0.4, 0.5) is 5.69 Å². The second kappa shape index (κ2) is 6.33. The molecular formula is C15H14BrN5O2S. The number of nitrogens with zero attached hydrogens (tertiary/aromatic N) is 4. The normalized spacial score (nSPS) is 11.5. The van der Waals surface area contributed by atoms with Crippen molar-refractivity contribution in [2.45, 2.75) is 18.7 Å². The number of nitrogens with one attached hydrogen (secondary N) is 1. The van der Waals surface area contributed by atoms with Gasteiger partial charge in [0.15, 0.2) is 0 Å². The summed E-state index contributed by atoms with van der Waals surface area (Å²) in [5.74, 6) is 0. The number of rotatable bonds is 4. The van der Waals surface area contributed by atoms with E-state index in [1.54, 1.807) is 37.3 Å². The fourth-order valence-electron chi connectivity index (χ4n) is 2.32. The van der Waals surface area contributed by atoms with Gasteiger partial charge >= 0.3 is 0 Å². The number of hydrogen-bond acceptors (Lipinski definition) is 5. The van der Waals surface area contributed by atoms with E-state index in [1.807, 2.05) is 13.0 Å². The Hall–Kier alpha value is -2.26. The van der Waals surface area contributed by atoms with Gasteiger partial charge in [0.1, 0.15) is 6.33 Å². The van der Waals surface area contributed by atoms with Crippen LogP contribution in [-0.2, 0) is 10.0 Å². The SMILES string of the molecule is Cc1ccc(Br)cc1S(=O)(=O)Nc1cccc(-n2cnnn2)c1C. The summed E-state index contributed by atoms with van der Waals surface area (Å²) in [7, 11) is -3.72. The Labute approximate surface area is 147 Å². The Morgan fingerprint density at radius 1 is 1.17 bits per heavy atom. The van der Waals surface area contributed by atoms with Gasteiger partial charge in [0, 0.05) is 4.47 Å². The monoisotopic (exact) mass is 407 g/mol. The first kappa shape index (κ1) is 16.6. The van der Waals surface area contributed by atoms with Gasteiger partial charge in [0.2, 0.25) is 0 Å². The van der Waals surface area contributed by atoms with Crippen LogP contribution in [0.2, 0.25) is 0 Å². The van der Waals surface area contributed by atoms with Crippen molar-refractivity contribution in [2.24, 2.45) is 0 Å². The van der Waals surface area contributed by atoms with Crippen molar-refractivity contribution < 1.29 is 8.42 Å². The summed E-state index contributed by atoms with van der Waals surface area (Å²) in [5, 5.41) is 11.0. The van der Waals surface area contributed by atoms with Gasteiger partial charge in [-0.05, 0) is 59.7 Å². The first-order chi connectivity index (χ1) is 11.4. The van der Waals surface area contributed by atoms with E-state index in [9.17, 15) is 8.42 Å². The van der Waals surface area contributed by atoms with Crippen LogP contribution in [0.3, 0.4) is 0 Å². The molecule has 1 aromatic heterocycles. The van der Waals surface area contributed by atoms with E-state index in [-0.39, 0.29) is 4.90 Å². The number of aromatic nitrogens is 4. The molecule has 3 aromatic rings. The number of hydrogen-bond donors (Lipinski definition) is 1. The molecule has 0 aliphatic rings. The highest BCUT2D eigenvalue weighted by atomic mass is 79.9. The predicted octanol–water partition coefficient (Wildman–Crippen LogP) is 2.84. The third-order valence-electron chi connectivity index (χ3n) is 3.59. The van der Waals surface area contributed by atoms with Crippen LogP contribution in [0, 0.1) is 13.8 Å². The lowest BCUT2D eigenvalue weighted by Crippen LogP contribution is -2.15. The second-order valence-electron chi connectivity index (χ2n) is 5.22. The van der Waals surface area contributed by atoms with Gasteiger partial charge < -0.3 is 0 Å². The molecule has 0 bridgehead atoms. The number of benzene rings is 2. The van der Waals surface area contributed by atoms with Crippen LogP contribution in [0.1, 0.15) is 11.1 Å². The zero-order chi connectivity index (χ0) is 17.3. The maximum Gasteiger partial charge on any atom is 0.262 e. The Bertz CT molecular complexity index is 987. The molecule has 0 atom stereocenters. The van der Waals surface area contributed by atoms with Crippen molar-refractivity contribution in [1.29, 1.82) is 0 Å². The molecule has 0 saturated heterocycles. The Kier molecular flexibility index (Phi) is 4.37. The number of tetrazole rings is 1. The fraction of sp³-hybridized carbons (Fsp3) is 0.133. The lowest BCUT2D eigenvalue weighted by atomic mass is 10.1. The summed E-state index contributed by atoms with van der Waals surface area (Å²) in [6.45, 7) is 3.56. The molecule has 24 heavy (non-hydrogen) atoms. The molecule has 0 saturated carbocycles. The molecule has 0 amide bonds. The Balaban J connectivity index is 2.02. The highest BCUT2D eigenvalue weighted by Crippen LogP contribution is 2.26. The van der Waals surface area contributed by atoms with E-state index < -0.39 is 10.0 Å². The minimum absolute atomic E-state index is 0.226. The van der Waals surface area contributed by atoms with E-state index >= 15 is 0 Å². The average Bonchev–Trinajstić information content (AvgIpc) is 3.05. The maximum atomic E-state index is 12.7. The summed E-state index contributed by atoms with van der Waals surface area (Å²) in [6, 6.07) is 10.4. The summed E-state index contributed by atoms with van der Waals surface area (Å²) >= 11 is 3.31. The van der Waals surface area contributed by atoms with Gasteiger partial charge in [-0.2, -0.15) is 0 Å². The van der Waals surface area contributed by atoms with Crippen LogP contribution >= 0.6 is 15.9 Å². The van der Waals surface area contributed by atoms with Gasteiger partial charge in [-0.1, -0.05) is 28.1 Å². The van der Waals surface area contributed by atoms with Gasteiger partial charge in [0.05, 0.1) is 16.3 Å². The molecule has 0 aliphatic carbocycles. The molecule has 2 aromatic carbocycles. The van der Waals surface area contributed by atoms with Crippen molar-refractivity contribution in [1.82, 2.24) is 20.2 Å². The lowest BCUT2D eigenvalue weighted by molar-refractivity contribution is 0.600. The Morgan fingerprint density at radius 3 is 2.67 bits per heavy atom. The van der Waals surface area contributed by atoms with Crippen molar-refractivity contribution in [3.8, 4) is 5.69 Å². The van der Waals surface area contributed by atoms with Crippen LogP contribution in [-0.4, -0.2) is 28.6 Å². The molecule has 0 aliphatic heterocycles. The molecule has 0 fully saturated rings. The van der Waals surface area contributed by atoms with Crippen molar-refractivity contribution in [2.75, 3.05) is 4.72 Å². The fourth-order valence-corrected chi connectivity index (χ4v) is 4.22. The summed E-state index contributed by atoms with van der Waals surface area (Å²) < 4.78 is 30.3. The van der Waals surface area contributed by atoms with Crippen LogP contribution in [0.25, 0.3) is 5.69 Å². The quantitative estimate of drug-likeness (QED) is 0.717. The lowest BCUT2D eigenvalue weighted by Gasteiger charge is -2.14. The summed E-state index contributed by atoms with van der Waals surface area (Å²) in [5.41, 5.74) is 2.56. The molecule has 1 N–H and O–H groups in total. The molecule has 0 radical (unpaired) electrons. The largest absolute Gasteiger partial charge is 0.279 e. The minimum Gasteiger partial charge on any atom is -0.279 e. The van der Waals surface area contributed by atoms with Crippen molar-refractivity contribution >= 4 is 31.6 Å². The molecule has 0 unspecified atom stereocenters.